The maximum absolute atomic E-state index is 13.8. The fourth-order valence-electron chi connectivity index (χ4n) is 3.55. The average Bonchev–Trinajstić information content (AvgIpc) is 3.08. The topological polar surface area (TPSA) is 53.3 Å². The SMILES string of the molecule is CN(Cc1ccc(-c2ccc(C#N)c(F)c2)cc1)Cc1ccc2c(c1)COC2=O. The van der Waals surface area contributed by atoms with Crippen molar-refractivity contribution < 1.29 is 13.9 Å². The Morgan fingerprint density at radius 2 is 1.69 bits per heavy atom. The van der Waals surface area contributed by atoms with Gasteiger partial charge in [0.25, 0.3) is 0 Å². The number of esters is 1. The summed E-state index contributed by atoms with van der Waals surface area (Å²) >= 11 is 0. The number of rotatable bonds is 5. The molecule has 0 saturated carbocycles. The van der Waals surface area contributed by atoms with Gasteiger partial charge in [0.05, 0.1) is 11.1 Å². The molecule has 0 unspecified atom stereocenters. The Balaban J connectivity index is 1.42. The van der Waals surface area contributed by atoms with Gasteiger partial charge < -0.3 is 4.74 Å². The van der Waals surface area contributed by atoms with Crippen LogP contribution in [0, 0.1) is 17.1 Å². The monoisotopic (exact) mass is 386 g/mol. The van der Waals surface area contributed by atoms with Crippen LogP contribution in [0.3, 0.4) is 0 Å². The Labute approximate surface area is 168 Å². The molecule has 1 aliphatic rings. The Bertz CT molecular complexity index is 1120. The zero-order valence-corrected chi connectivity index (χ0v) is 16.0. The predicted molar refractivity (Wildman–Crippen MR) is 107 cm³/mol. The van der Waals surface area contributed by atoms with Gasteiger partial charge in [-0.15, -0.1) is 0 Å². The van der Waals surface area contributed by atoms with E-state index < -0.39 is 5.82 Å². The van der Waals surface area contributed by atoms with Gasteiger partial charge in [-0.1, -0.05) is 42.5 Å². The number of carbonyl (C=O) groups is 1. The molecule has 0 N–H and O–H groups in total. The Morgan fingerprint density at radius 3 is 2.41 bits per heavy atom. The highest BCUT2D eigenvalue weighted by atomic mass is 19.1. The number of fused-ring (bicyclic) bond motifs is 1. The predicted octanol–water partition coefficient (Wildman–Crippen LogP) is 4.67. The maximum Gasteiger partial charge on any atom is 0.338 e. The Kier molecular flexibility index (Phi) is 5.11. The first kappa shape index (κ1) is 18.9. The number of hydrogen-bond donors (Lipinski definition) is 0. The van der Waals surface area contributed by atoms with Gasteiger partial charge in [-0.3, -0.25) is 4.90 Å². The van der Waals surface area contributed by atoms with E-state index >= 15 is 0 Å². The third-order valence-corrected chi connectivity index (χ3v) is 5.03. The number of nitrogens with zero attached hydrogens (tertiary/aromatic N) is 2. The van der Waals surface area contributed by atoms with E-state index in [4.69, 9.17) is 10.00 Å². The summed E-state index contributed by atoms with van der Waals surface area (Å²) in [4.78, 5) is 13.7. The van der Waals surface area contributed by atoms with E-state index in [-0.39, 0.29) is 11.5 Å². The van der Waals surface area contributed by atoms with Gasteiger partial charge in [-0.25, -0.2) is 9.18 Å². The van der Waals surface area contributed by atoms with Crippen molar-refractivity contribution in [1.29, 1.82) is 5.26 Å². The Hall–Kier alpha value is -3.49. The highest BCUT2D eigenvalue weighted by molar-refractivity contribution is 5.93. The second-order valence-electron chi connectivity index (χ2n) is 7.24. The number of cyclic esters (lactones) is 1. The molecule has 0 radical (unpaired) electrons. The minimum atomic E-state index is -0.504. The average molecular weight is 386 g/mol. The van der Waals surface area contributed by atoms with Gasteiger partial charge >= 0.3 is 5.97 Å². The first-order valence-corrected chi connectivity index (χ1v) is 9.30. The first-order valence-electron chi connectivity index (χ1n) is 9.30. The number of halogens is 1. The zero-order chi connectivity index (χ0) is 20.4. The van der Waals surface area contributed by atoms with E-state index in [1.165, 1.54) is 12.1 Å². The van der Waals surface area contributed by atoms with E-state index in [1.54, 1.807) is 6.07 Å². The minimum absolute atomic E-state index is 0.0504. The molecule has 0 atom stereocenters. The highest BCUT2D eigenvalue weighted by Gasteiger charge is 2.21. The van der Waals surface area contributed by atoms with E-state index in [9.17, 15) is 9.18 Å². The third-order valence-electron chi connectivity index (χ3n) is 5.03. The molecule has 0 amide bonds. The summed E-state index contributed by atoms with van der Waals surface area (Å²) in [5.41, 5.74) is 5.58. The molecule has 0 saturated heterocycles. The van der Waals surface area contributed by atoms with Crippen LogP contribution in [0.4, 0.5) is 4.39 Å². The molecule has 5 heteroatoms. The van der Waals surface area contributed by atoms with E-state index in [1.807, 2.05) is 55.6 Å². The molecular weight excluding hydrogens is 367 g/mol. The van der Waals surface area contributed by atoms with Crippen LogP contribution in [0.25, 0.3) is 11.1 Å². The lowest BCUT2D eigenvalue weighted by atomic mass is 10.0. The van der Waals surface area contributed by atoms with Crippen LogP contribution < -0.4 is 0 Å². The minimum Gasteiger partial charge on any atom is -0.457 e. The van der Waals surface area contributed by atoms with Crippen LogP contribution in [0.5, 0.6) is 0 Å². The second kappa shape index (κ2) is 7.86. The molecule has 0 aromatic heterocycles. The van der Waals surface area contributed by atoms with Gasteiger partial charge in [-0.2, -0.15) is 5.26 Å². The van der Waals surface area contributed by atoms with Crippen molar-refractivity contribution in [1.82, 2.24) is 4.90 Å². The summed E-state index contributed by atoms with van der Waals surface area (Å²) < 4.78 is 18.9. The van der Waals surface area contributed by atoms with Crippen LogP contribution in [-0.4, -0.2) is 17.9 Å². The van der Waals surface area contributed by atoms with Crippen molar-refractivity contribution in [3.8, 4) is 17.2 Å². The van der Waals surface area contributed by atoms with E-state index in [0.29, 0.717) is 12.2 Å². The highest BCUT2D eigenvalue weighted by Crippen LogP contribution is 2.24. The van der Waals surface area contributed by atoms with Crippen molar-refractivity contribution in [3.05, 3.63) is 94.3 Å². The number of hydrogen-bond acceptors (Lipinski definition) is 4. The van der Waals surface area contributed by atoms with Gasteiger partial charge in [0, 0.05) is 18.7 Å². The van der Waals surface area contributed by atoms with Crippen LogP contribution >= 0.6 is 0 Å². The largest absolute Gasteiger partial charge is 0.457 e. The molecule has 4 nitrogen and oxygen atoms in total. The van der Waals surface area contributed by atoms with Crippen LogP contribution in [0.2, 0.25) is 0 Å². The molecule has 1 heterocycles. The number of benzene rings is 3. The molecule has 1 aliphatic heterocycles. The molecule has 0 aliphatic carbocycles. The summed E-state index contributed by atoms with van der Waals surface area (Å²) in [6.07, 6.45) is 0. The molecular formula is C24H19FN2O2. The van der Waals surface area contributed by atoms with E-state index in [2.05, 4.69) is 4.90 Å². The lowest BCUT2D eigenvalue weighted by Gasteiger charge is -2.17. The van der Waals surface area contributed by atoms with Gasteiger partial charge in [-0.05, 0) is 47.5 Å². The molecule has 3 aromatic carbocycles. The van der Waals surface area contributed by atoms with Crippen molar-refractivity contribution in [3.63, 3.8) is 0 Å². The lowest BCUT2D eigenvalue weighted by Crippen LogP contribution is -2.17. The van der Waals surface area contributed by atoms with Gasteiger partial charge in [0.1, 0.15) is 18.5 Å². The summed E-state index contributed by atoms with van der Waals surface area (Å²) in [5.74, 6) is -0.752. The number of carbonyl (C=O) groups excluding carboxylic acids is 1. The normalized spacial score (nSPS) is 12.6. The van der Waals surface area contributed by atoms with Crippen LogP contribution in [-0.2, 0) is 24.4 Å². The molecule has 4 rings (SSSR count). The van der Waals surface area contributed by atoms with E-state index in [0.717, 1.165) is 40.9 Å². The molecule has 3 aromatic rings. The molecule has 0 fully saturated rings. The van der Waals surface area contributed by atoms with Crippen LogP contribution in [0.15, 0.2) is 60.7 Å². The molecule has 144 valence electrons. The summed E-state index contributed by atoms with van der Waals surface area (Å²) in [6, 6.07) is 20.3. The molecule has 0 spiro atoms. The standard InChI is InChI=1S/C24H19FN2O2/c1-27(14-17-4-9-22-21(10-17)15-29-24(22)28)13-16-2-5-18(6-3-16)19-7-8-20(12-26)23(25)11-19/h2-11H,13-15H2,1H3. The number of nitriles is 1. The maximum atomic E-state index is 13.8. The van der Waals surface area contributed by atoms with Crippen molar-refractivity contribution in [2.75, 3.05) is 7.05 Å². The summed E-state index contributed by atoms with van der Waals surface area (Å²) in [5, 5.41) is 8.85. The fourth-order valence-corrected chi connectivity index (χ4v) is 3.55. The van der Waals surface area contributed by atoms with Crippen molar-refractivity contribution in [2.45, 2.75) is 19.7 Å². The second-order valence-corrected chi connectivity index (χ2v) is 7.24. The van der Waals surface area contributed by atoms with Crippen molar-refractivity contribution >= 4 is 5.97 Å². The fraction of sp³-hybridized carbons (Fsp3) is 0.167. The molecule has 29 heavy (non-hydrogen) atoms. The van der Waals surface area contributed by atoms with Gasteiger partial charge in [0.15, 0.2) is 0 Å². The quantitative estimate of drug-likeness (QED) is 0.598. The summed E-state index contributed by atoms with van der Waals surface area (Å²) in [7, 11) is 2.04. The smallest absolute Gasteiger partial charge is 0.338 e. The number of ether oxygens (including phenoxy) is 1. The third kappa shape index (κ3) is 4.03. The van der Waals surface area contributed by atoms with Crippen molar-refractivity contribution in [2.24, 2.45) is 0 Å². The lowest BCUT2D eigenvalue weighted by molar-refractivity contribution is 0.0535. The van der Waals surface area contributed by atoms with Gasteiger partial charge in [0.2, 0.25) is 0 Å². The zero-order valence-electron chi connectivity index (χ0n) is 16.0. The Morgan fingerprint density at radius 1 is 1.00 bits per heavy atom. The summed E-state index contributed by atoms with van der Waals surface area (Å²) in [6.45, 7) is 1.86. The first-order chi connectivity index (χ1) is 14.0. The van der Waals surface area contributed by atoms with Crippen LogP contribution in [0.1, 0.15) is 32.6 Å². The molecule has 0 bridgehead atoms.